The molecule has 0 saturated carbocycles. The van der Waals surface area contributed by atoms with E-state index < -0.39 is 11.8 Å². The summed E-state index contributed by atoms with van der Waals surface area (Å²) in [4.78, 5) is 27.1. The fourth-order valence-corrected chi connectivity index (χ4v) is 2.23. The maximum absolute atomic E-state index is 12.0. The average molecular weight is 261 g/mol. The highest BCUT2D eigenvalue weighted by atomic mass is 16.2. The van der Waals surface area contributed by atoms with Crippen molar-refractivity contribution in [3.63, 3.8) is 0 Å². The Kier molecular flexibility index (Phi) is 4.04. The van der Waals surface area contributed by atoms with Crippen LogP contribution in [0.4, 0.5) is 5.69 Å². The molecule has 0 radical (unpaired) electrons. The van der Waals surface area contributed by atoms with Gasteiger partial charge in [0.1, 0.15) is 0 Å². The van der Waals surface area contributed by atoms with Gasteiger partial charge in [0.05, 0.1) is 0 Å². The first-order valence-corrected chi connectivity index (χ1v) is 6.55. The molecule has 1 saturated heterocycles. The number of hydrogen-bond donors (Lipinski definition) is 1. The van der Waals surface area contributed by atoms with Gasteiger partial charge in [-0.3, -0.25) is 9.59 Å². The van der Waals surface area contributed by atoms with Crippen molar-refractivity contribution >= 4 is 17.5 Å². The first kappa shape index (κ1) is 13.4. The molecule has 1 aromatic rings. The molecular weight excluding hydrogens is 242 g/mol. The normalized spacial score (nSPS) is 16.1. The van der Waals surface area contributed by atoms with E-state index in [9.17, 15) is 9.59 Å². The zero-order valence-electron chi connectivity index (χ0n) is 11.1. The second-order valence-electron chi connectivity index (χ2n) is 4.72. The quantitative estimate of drug-likeness (QED) is 0.645. The zero-order chi connectivity index (χ0) is 13.8. The molecule has 0 spiro atoms. The van der Waals surface area contributed by atoms with Crippen molar-refractivity contribution in [2.75, 3.05) is 25.4 Å². The summed E-state index contributed by atoms with van der Waals surface area (Å²) in [5, 5.41) is 0. The molecular formula is C14H19N3O2. The molecule has 0 unspecified atom stereocenters. The Morgan fingerprint density at radius 2 is 1.74 bits per heavy atom. The van der Waals surface area contributed by atoms with Crippen LogP contribution in [-0.4, -0.2) is 41.2 Å². The van der Waals surface area contributed by atoms with Gasteiger partial charge < -0.3 is 15.5 Å². The fourth-order valence-electron chi connectivity index (χ4n) is 2.23. The highest BCUT2D eigenvalue weighted by Gasteiger charge is 2.31. The molecule has 0 bridgehead atoms. The van der Waals surface area contributed by atoms with Gasteiger partial charge in [-0.1, -0.05) is 25.1 Å². The van der Waals surface area contributed by atoms with E-state index in [1.165, 1.54) is 0 Å². The van der Waals surface area contributed by atoms with Crippen molar-refractivity contribution in [2.24, 2.45) is 0 Å². The number of amides is 2. The topological polar surface area (TPSA) is 66.6 Å². The van der Waals surface area contributed by atoms with Crippen LogP contribution in [0.1, 0.15) is 18.9 Å². The minimum absolute atomic E-state index is 0.400. The van der Waals surface area contributed by atoms with Crippen LogP contribution < -0.4 is 5.73 Å². The number of carbonyl (C=O) groups excluding carboxylic acids is 2. The van der Waals surface area contributed by atoms with E-state index >= 15 is 0 Å². The summed E-state index contributed by atoms with van der Waals surface area (Å²) in [6, 6.07) is 7.41. The summed E-state index contributed by atoms with van der Waals surface area (Å²) in [6.07, 6.45) is 0.866. The second-order valence-corrected chi connectivity index (χ2v) is 4.72. The van der Waals surface area contributed by atoms with Crippen LogP contribution in [0.2, 0.25) is 0 Å². The minimum atomic E-state index is -0.428. The molecule has 2 N–H and O–H groups in total. The fraction of sp³-hybridized carbons (Fsp3) is 0.429. The summed E-state index contributed by atoms with van der Waals surface area (Å²) in [6.45, 7) is 4.21. The molecule has 102 valence electrons. The Morgan fingerprint density at radius 3 is 2.42 bits per heavy atom. The number of nitrogen functional groups attached to an aromatic ring is 1. The van der Waals surface area contributed by atoms with E-state index in [2.05, 4.69) is 0 Å². The highest BCUT2D eigenvalue weighted by Crippen LogP contribution is 2.16. The third-order valence-corrected chi connectivity index (χ3v) is 3.31. The van der Waals surface area contributed by atoms with Gasteiger partial charge in [0.25, 0.3) is 0 Å². The molecule has 2 rings (SSSR count). The minimum Gasteiger partial charge on any atom is -0.398 e. The van der Waals surface area contributed by atoms with E-state index in [0.717, 1.165) is 12.0 Å². The lowest BCUT2D eigenvalue weighted by Crippen LogP contribution is -2.53. The molecule has 5 heteroatoms. The van der Waals surface area contributed by atoms with Gasteiger partial charge >= 0.3 is 11.8 Å². The van der Waals surface area contributed by atoms with E-state index in [1.807, 2.05) is 25.1 Å². The molecule has 0 aliphatic carbocycles. The maximum Gasteiger partial charge on any atom is 0.312 e. The van der Waals surface area contributed by atoms with E-state index in [-0.39, 0.29) is 0 Å². The van der Waals surface area contributed by atoms with Crippen LogP contribution in [0, 0.1) is 0 Å². The summed E-state index contributed by atoms with van der Waals surface area (Å²) >= 11 is 0. The first-order chi connectivity index (χ1) is 9.13. The number of hydrogen-bond acceptors (Lipinski definition) is 3. The Balaban J connectivity index is 2.06. The Hall–Kier alpha value is -2.04. The lowest BCUT2D eigenvalue weighted by Gasteiger charge is -2.33. The Morgan fingerprint density at radius 1 is 1.11 bits per heavy atom. The molecule has 0 aromatic heterocycles. The molecule has 1 aromatic carbocycles. The van der Waals surface area contributed by atoms with E-state index in [0.29, 0.717) is 31.9 Å². The van der Waals surface area contributed by atoms with Gasteiger partial charge in [-0.05, 0) is 18.1 Å². The van der Waals surface area contributed by atoms with Crippen LogP contribution in [0.25, 0.3) is 0 Å². The molecule has 0 atom stereocenters. The maximum atomic E-state index is 12.0. The van der Waals surface area contributed by atoms with Crippen molar-refractivity contribution in [2.45, 2.75) is 19.9 Å². The van der Waals surface area contributed by atoms with Crippen LogP contribution in [0.3, 0.4) is 0 Å². The van der Waals surface area contributed by atoms with E-state index in [4.69, 9.17) is 5.73 Å². The number of para-hydroxylation sites is 1. The van der Waals surface area contributed by atoms with Crippen molar-refractivity contribution in [1.82, 2.24) is 9.80 Å². The average Bonchev–Trinajstić information content (AvgIpc) is 2.41. The van der Waals surface area contributed by atoms with Gasteiger partial charge in [0.2, 0.25) is 0 Å². The lowest BCUT2D eigenvalue weighted by molar-refractivity contribution is -0.156. The predicted octanol–water partition coefficient (Wildman–Crippen LogP) is 0.850. The molecule has 1 fully saturated rings. The van der Waals surface area contributed by atoms with Crippen LogP contribution in [0.15, 0.2) is 24.3 Å². The van der Waals surface area contributed by atoms with Gasteiger partial charge in [0, 0.05) is 31.9 Å². The predicted molar refractivity (Wildman–Crippen MR) is 73.1 cm³/mol. The van der Waals surface area contributed by atoms with Gasteiger partial charge in [-0.2, -0.15) is 0 Å². The number of nitrogens with zero attached hydrogens (tertiary/aromatic N) is 2. The molecule has 1 aliphatic heterocycles. The smallest absolute Gasteiger partial charge is 0.312 e. The number of piperazine rings is 1. The van der Waals surface area contributed by atoms with Crippen LogP contribution >= 0.6 is 0 Å². The molecule has 1 aliphatic rings. The largest absolute Gasteiger partial charge is 0.398 e. The molecule has 2 amide bonds. The summed E-state index contributed by atoms with van der Waals surface area (Å²) in [5.41, 5.74) is 7.39. The van der Waals surface area contributed by atoms with Crippen molar-refractivity contribution in [3.8, 4) is 0 Å². The second kappa shape index (κ2) is 5.73. The van der Waals surface area contributed by atoms with E-state index in [1.54, 1.807) is 15.9 Å². The third-order valence-electron chi connectivity index (χ3n) is 3.31. The summed E-state index contributed by atoms with van der Waals surface area (Å²) < 4.78 is 0. The SMILES string of the molecule is CCCN1CCN(Cc2ccccc2N)C(=O)C1=O. The van der Waals surface area contributed by atoms with Gasteiger partial charge in [-0.25, -0.2) is 0 Å². The van der Waals surface area contributed by atoms with Gasteiger partial charge in [-0.15, -0.1) is 0 Å². The third kappa shape index (κ3) is 2.86. The van der Waals surface area contributed by atoms with Crippen LogP contribution in [0.5, 0.6) is 0 Å². The number of benzene rings is 1. The number of rotatable bonds is 4. The first-order valence-electron chi connectivity index (χ1n) is 6.55. The highest BCUT2D eigenvalue weighted by molar-refractivity contribution is 6.35. The van der Waals surface area contributed by atoms with Crippen molar-refractivity contribution < 1.29 is 9.59 Å². The van der Waals surface area contributed by atoms with Crippen molar-refractivity contribution in [1.29, 1.82) is 0 Å². The monoisotopic (exact) mass is 261 g/mol. The zero-order valence-corrected chi connectivity index (χ0v) is 11.1. The molecule has 5 nitrogen and oxygen atoms in total. The number of anilines is 1. The van der Waals surface area contributed by atoms with Crippen LogP contribution in [-0.2, 0) is 16.1 Å². The Bertz CT molecular complexity index is 487. The molecule has 1 heterocycles. The van der Waals surface area contributed by atoms with Gasteiger partial charge in [0.15, 0.2) is 0 Å². The summed E-state index contributed by atoms with van der Waals surface area (Å²) in [5.74, 6) is -0.828. The van der Waals surface area contributed by atoms with Crippen molar-refractivity contribution in [3.05, 3.63) is 29.8 Å². The molecule has 19 heavy (non-hydrogen) atoms. The standard InChI is InChI=1S/C14H19N3O2/c1-2-7-16-8-9-17(14(19)13(16)18)10-11-5-3-4-6-12(11)15/h3-6H,2,7-10,15H2,1H3. The summed E-state index contributed by atoms with van der Waals surface area (Å²) in [7, 11) is 0. The number of nitrogens with two attached hydrogens (primary N) is 1. The lowest BCUT2D eigenvalue weighted by atomic mass is 10.1. The Labute approximate surface area is 113 Å². The number of carbonyl (C=O) groups is 2.